The minimum atomic E-state index is -2.92. The monoisotopic (exact) mass is 271 g/mol. The number of benzene rings is 1. The molecule has 2 N–H and O–H groups in total. The molecule has 1 atom stereocenters. The van der Waals surface area contributed by atoms with E-state index in [0.29, 0.717) is 13.0 Å². The third-order valence-corrected chi connectivity index (χ3v) is 3.61. The van der Waals surface area contributed by atoms with Gasteiger partial charge >= 0.3 is 0 Å². The van der Waals surface area contributed by atoms with E-state index in [4.69, 9.17) is 10.5 Å². The molecule has 102 valence electrons. The Morgan fingerprint density at radius 3 is 2.61 bits per heavy atom. The molecule has 0 bridgehead atoms. The van der Waals surface area contributed by atoms with E-state index < -0.39 is 9.84 Å². The van der Waals surface area contributed by atoms with Crippen LogP contribution < -0.4 is 10.5 Å². The van der Waals surface area contributed by atoms with Crippen LogP contribution in [0.25, 0.3) is 0 Å². The molecule has 0 aromatic heterocycles. The van der Waals surface area contributed by atoms with E-state index in [1.165, 1.54) is 6.26 Å². The van der Waals surface area contributed by atoms with Crippen molar-refractivity contribution in [3.63, 3.8) is 0 Å². The summed E-state index contributed by atoms with van der Waals surface area (Å²) < 4.78 is 27.6. The van der Waals surface area contributed by atoms with Gasteiger partial charge in [0.2, 0.25) is 0 Å². The maximum Gasteiger partial charge on any atom is 0.147 e. The summed E-state index contributed by atoms with van der Waals surface area (Å²) in [5, 5.41) is 0. The van der Waals surface area contributed by atoms with Gasteiger partial charge in [-0.15, -0.1) is 0 Å². The smallest absolute Gasteiger partial charge is 0.147 e. The first-order valence-corrected chi connectivity index (χ1v) is 8.02. The number of hydrogen-bond donors (Lipinski definition) is 1. The Balaban J connectivity index is 2.63. The SMILES string of the molecule is Cc1ccc([C@H](C)N)c(OCCCS(C)(=O)=O)c1. The largest absolute Gasteiger partial charge is 0.493 e. The maximum atomic E-state index is 11.0. The summed E-state index contributed by atoms with van der Waals surface area (Å²) in [5.41, 5.74) is 7.90. The number of hydrogen-bond acceptors (Lipinski definition) is 4. The van der Waals surface area contributed by atoms with Crippen molar-refractivity contribution in [2.75, 3.05) is 18.6 Å². The molecule has 0 saturated heterocycles. The molecule has 0 radical (unpaired) electrons. The Labute approximate surface area is 109 Å². The van der Waals surface area contributed by atoms with Crippen molar-refractivity contribution < 1.29 is 13.2 Å². The first-order chi connectivity index (χ1) is 8.29. The van der Waals surface area contributed by atoms with Crippen LogP contribution in [0.4, 0.5) is 0 Å². The van der Waals surface area contributed by atoms with Crippen molar-refractivity contribution in [3.8, 4) is 5.75 Å². The van der Waals surface area contributed by atoms with Crippen LogP contribution in [0.5, 0.6) is 5.75 Å². The standard InChI is InChI=1S/C13H21NO3S/c1-10-5-6-12(11(2)14)13(9-10)17-7-4-8-18(3,15)16/h5-6,9,11H,4,7-8,14H2,1-3H3/t11-/m0/s1. The Morgan fingerprint density at radius 2 is 2.06 bits per heavy atom. The highest BCUT2D eigenvalue weighted by atomic mass is 32.2. The van der Waals surface area contributed by atoms with Gasteiger partial charge in [-0.3, -0.25) is 0 Å². The van der Waals surface area contributed by atoms with Crippen LogP contribution >= 0.6 is 0 Å². The summed E-state index contributed by atoms with van der Waals surface area (Å²) in [6.45, 7) is 4.26. The molecule has 4 nitrogen and oxygen atoms in total. The van der Waals surface area contributed by atoms with Gasteiger partial charge in [-0.25, -0.2) is 8.42 Å². The predicted molar refractivity (Wildman–Crippen MR) is 73.6 cm³/mol. The second-order valence-corrected chi connectivity index (χ2v) is 6.92. The zero-order chi connectivity index (χ0) is 13.8. The molecule has 18 heavy (non-hydrogen) atoms. The second-order valence-electron chi connectivity index (χ2n) is 4.66. The van der Waals surface area contributed by atoms with Crippen LogP contribution in [-0.2, 0) is 9.84 Å². The molecular weight excluding hydrogens is 250 g/mol. The number of rotatable bonds is 6. The summed E-state index contributed by atoms with van der Waals surface area (Å²) in [5.74, 6) is 0.894. The third kappa shape index (κ3) is 5.06. The highest BCUT2D eigenvalue weighted by molar-refractivity contribution is 7.90. The fraction of sp³-hybridized carbons (Fsp3) is 0.538. The van der Waals surface area contributed by atoms with Crippen molar-refractivity contribution >= 4 is 9.84 Å². The molecule has 5 heteroatoms. The number of nitrogens with two attached hydrogens (primary N) is 1. The lowest BCUT2D eigenvalue weighted by molar-refractivity contribution is 0.313. The van der Waals surface area contributed by atoms with Gasteiger partial charge in [-0.2, -0.15) is 0 Å². The van der Waals surface area contributed by atoms with Crippen molar-refractivity contribution in [2.24, 2.45) is 5.73 Å². The molecule has 0 saturated carbocycles. The molecule has 0 fully saturated rings. The minimum Gasteiger partial charge on any atom is -0.493 e. The van der Waals surface area contributed by atoms with E-state index in [1.54, 1.807) is 0 Å². The van der Waals surface area contributed by atoms with Crippen molar-refractivity contribution in [2.45, 2.75) is 26.3 Å². The van der Waals surface area contributed by atoms with Gasteiger partial charge in [-0.05, 0) is 31.9 Å². The van der Waals surface area contributed by atoms with E-state index in [1.807, 2.05) is 32.0 Å². The zero-order valence-corrected chi connectivity index (χ0v) is 12.0. The normalized spacial score (nSPS) is 13.3. The van der Waals surface area contributed by atoms with Crippen LogP contribution in [-0.4, -0.2) is 27.0 Å². The number of sulfone groups is 1. The molecule has 0 heterocycles. The zero-order valence-electron chi connectivity index (χ0n) is 11.1. The van der Waals surface area contributed by atoms with Gasteiger partial charge in [0.25, 0.3) is 0 Å². The predicted octanol–water partition coefficient (Wildman–Crippen LogP) is 1.83. The van der Waals surface area contributed by atoms with Crippen molar-refractivity contribution in [1.82, 2.24) is 0 Å². The van der Waals surface area contributed by atoms with Crippen LogP contribution in [0, 0.1) is 6.92 Å². The first kappa shape index (κ1) is 15.0. The van der Waals surface area contributed by atoms with Gasteiger partial charge in [0.1, 0.15) is 15.6 Å². The number of aryl methyl sites for hydroxylation is 1. The lowest BCUT2D eigenvalue weighted by Gasteiger charge is -2.14. The topological polar surface area (TPSA) is 69.4 Å². The van der Waals surface area contributed by atoms with Crippen LogP contribution in [0.1, 0.15) is 30.5 Å². The molecular formula is C13H21NO3S. The highest BCUT2D eigenvalue weighted by Gasteiger charge is 2.09. The van der Waals surface area contributed by atoms with Gasteiger partial charge in [0.05, 0.1) is 12.4 Å². The Morgan fingerprint density at radius 1 is 1.39 bits per heavy atom. The average Bonchev–Trinajstić information content (AvgIpc) is 2.22. The molecule has 1 rings (SSSR count). The fourth-order valence-electron chi connectivity index (χ4n) is 1.65. The summed E-state index contributed by atoms with van der Waals surface area (Å²) in [4.78, 5) is 0. The van der Waals surface area contributed by atoms with Crippen molar-refractivity contribution in [1.29, 1.82) is 0 Å². The van der Waals surface area contributed by atoms with E-state index >= 15 is 0 Å². The molecule has 1 aromatic rings. The Bertz CT molecular complexity index is 495. The lowest BCUT2D eigenvalue weighted by Crippen LogP contribution is -2.11. The van der Waals surface area contributed by atoms with Crippen molar-refractivity contribution in [3.05, 3.63) is 29.3 Å². The van der Waals surface area contributed by atoms with Gasteiger partial charge in [-0.1, -0.05) is 12.1 Å². The van der Waals surface area contributed by atoms with Crippen LogP contribution in [0.3, 0.4) is 0 Å². The Kier molecular flexibility index (Phi) is 5.16. The van der Waals surface area contributed by atoms with Gasteiger partial charge < -0.3 is 10.5 Å². The molecule has 0 unspecified atom stereocenters. The van der Waals surface area contributed by atoms with Gasteiger partial charge in [0.15, 0.2) is 0 Å². The molecule has 0 spiro atoms. The maximum absolute atomic E-state index is 11.0. The van der Waals surface area contributed by atoms with E-state index in [2.05, 4.69) is 0 Å². The van der Waals surface area contributed by atoms with Crippen LogP contribution in [0.2, 0.25) is 0 Å². The van der Waals surface area contributed by atoms with Crippen LogP contribution in [0.15, 0.2) is 18.2 Å². The summed E-state index contributed by atoms with van der Waals surface area (Å²) >= 11 is 0. The molecule has 0 amide bonds. The molecule has 1 aromatic carbocycles. The average molecular weight is 271 g/mol. The van der Waals surface area contributed by atoms with E-state index in [9.17, 15) is 8.42 Å². The Hall–Kier alpha value is -1.07. The minimum absolute atomic E-state index is 0.101. The van der Waals surface area contributed by atoms with E-state index in [0.717, 1.165) is 16.9 Å². The molecule has 0 aliphatic rings. The molecule has 0 aliphatic carbocycles. The van der Waals surface area contributed by atoms with Gasteiger partial charge in [0, 0.05) is 17.9 Å². The second kappa shape index (κ2) is 6.20. The summed E-state index contributed by atoms with van der Waals surface area (Å²) in [6, 6.07) is 5.77. The third-order valence-electron chi connectivity index (χ3n) is 2.58. The summed E-state index contributed by atoms with van der Waals surface area (Å²) in [6.07, 6.45) is 1.72. The van der Waals surface area contributed by atoms with E-state index in [-0.39, 0.29) is 11.8 Å². The number of ether oxygens (including phenoxy) is 1. The fourth-order valence-corrected chi connectivity index (χ4v) is 2.29. The summed E-state index contributed by atoms with van der Waals surface area (Å²) in [7, 11) is -2.92. The first-order valence-electron chi connectivity index (χ1n) is 5.96. The lowest BCUT2D eigenvalue weighted by atomic mass is 10.1. The highest BCUT2D eigenvalue weighted by Crippen LogP contribution is 2.25. The quantitative estimate of drug-likeness (QED) is 0.801. The molecule has 0 aliphatic heterocycles.